The molecule has 6 heteroatoms. The lowest BCUT2D eigenvalue weighted by Gasteiger charge is -2.24. The lowest BCUT2D eigenvalue weighted by molar-refractivity contribution is 0.0747. The summed E-state index contributed by atoms with van der Waals surface area (Å²) in [6, 6.07) is 5.31. The number of benzene rings is 1. The molecule has 4 nitrogen and oxygen atoms in total. The monoisotopic (exact) mass is 314 g/mol. The van der Waals surface area contributed by atoms with Crippen LogP contribution in [0.25, 0.3) is 0 Å². The first-order valence-corrected chi connectivity index (χ1v) is 7.06. The summed E-state index contributed by atoms with van der Waals surface area (Å²) in [5, 5.41) is 3.53. The minimum atomic E-state index is -0.493. The second-order valence-corrected chi connectivity index (χ2v) is 5.53. The number of rotatable bonds is 2. The fourth-order valence-electron chi connectivity index (χ4n) is 3.11. The normalized spacial score (nSPS) is 24.2. The predicted octanol–water partition coefficient (Wildman–Crippen LogP) is 2.22. The maximum Gasteiger partial charge on any atom is 0.254 e. The second-order valence-electron chi connectivity index (χ2n) is 5.53. The van der Waals surface area contributed by atoms with E-state index in [1.807, 2.05) is 4.90 Å². The zero-order valence-corrected chi connectivity index (χ0v) is 12.8. The quantitative estimate of drug-likeness (QED) is 0.910. The highest BCUT2D eigenvalue weighted by Gasteiger charge is 2.31. The Kier molecular flexibility index (Phi) is 5.06. The third kappa shape index (κ3) is 3.30. The minimum absolute atomic E-state index is 0. The van der Waals surface area contributed by atoms with Gasteiger partial charge in [0, 0.05) is 30.7 Å². The maximum absolute atomic E-state index is 13.7. The van der Waals surface area contributed by atoms with Gasteiger partial charge < -0.3 is 15.0 Å². The Labute approximate surface area is 130 Å². The van der Waals surface area contributed by atoms with Crippen molar-refractivity contribution in [1.82, 2.24) is 10.2 Å². The highest BCUT2D eigenvalue weighted by molar-refractivity contribution is 5.94. The average Bonchev–Trinajstić information content (AvgIpc) is 2.77. The highest BCUT2D eigenvalue weighted by atomic mass is 35.5. The van der Waals surface area contributed by atoms with Crippen molar-refractivity contribution in [1.29, 1.82) is 0 Å². The molecular weight excluding hydrogens is 295 g/mol. The van der Waals surface area contributed by atoms with Crippen molar-refractivity contribution < 1.29 is 13.9 Å². The molecule has 0 aliphatic carbocycles. The summed E-state index contributed by atoms with van der Waals surface area (Å²) >= 11 is 0. The molecule has 0 saturated carbocycles. The third-order valence-corrected chi connectivity index (χ3v) is 4.21. The number of hydrogen-bond donors (Lipinski definition) is 1. The van der Waals surface area contributed by atoms with Crippen LogP contribution in [0.2, 0.25) is 0 Å². The minimum Gasteiger partial charge on any atom is -0.494 e. The van der Waals surface area contributed by atoms with Crippen molar-refractivity contribution >= 4 is 18.3 Å². The van der Waals surface area contributed by atoms with Gasteiger partial charge in [0.25, 0.3) is 5.91 Å². The van der Waals surface area contributed by atoms with Crippen molar-refractivity contribution in [3.8, 4) is 5.75 Å². The highest BCUT2D eigenvalue weighted by Crippen LogP contribution is 2.23. The van der Waals surface area contributed by atoms with Gasteiger partial charge in [-0.3, -0.25) is 4.79 Å². The van der Waals surface area contributed by atoms with Crippen LogP contribution in [0, 0.1) is 5.82 Å². The first kappa shape index (κ1) is 16.0. The Morgan fingerprint density at radius 1 is 1.33 bits per heavy atom. The number of likely N-dealkylation sites (tertiary alicyclic amines) is 1. The third-order valence-electron chi connectivity index (χ3n) is 4.21. The summed E-state index contributed by atoms with van der Waals surface area (Å²) < 4.78 is 18.6. The molecule has 2 aliphatic rings. The fraction of sp³-hybridized carbons (Fsp3) is 0.533. The second kappa shape index (κ2) is 6.62. The van der Waals surface area contributed by atoms with Gasteiger partial charge in [-0.15, -0.1) is 12.4 Å². The lowest BCUT2D eigenvalue weighted by atomic mass is 10.1. The van der Waals surface area contributed by atoms with E-state index >= 15 is 0 Å². The smallest absolute Gasteiger partial charge is 0.254 e. The van der Waals surface area contributed by atoms with E-state index in [4.69, 9.17) is 4.74 Å². The Balaban J connectivity index is 0.00000161. The lowest BCUT2D eigenvalue weighted by Crippen LogP contribution is -2.39. The van der Waals surface area contributed by atoms with E-state index in [0.717, 1.165) is 19.4 Å². The van der Waals surface area contributed by atoms with Crippen LogP contribution in [0.15, 0.2) is 18.2 Å². The van der Waals surface area contributed by atoms with E-state index in [2.05, 4.69) is 5.32 Å². The van der Waals surface area contributed by atoms with Crippen LogP contribution in [-0.2, 0) is 0 Å². The molecule has 2 atom stereocenters. The van der Waals surface area contributed by atoms with Crippen molar-refractivity contribution in [2.75, 3.05) is 20.2 Å². The first-order chi connectivity index (χ1) is 9.67. The van der Waals surface area contributed by atoms with E-state index < -0.39 is 5.82 Å². The average molecular weight is 315 g/mol. The van der Waals surface area contributed by atoms with Gasteiger partial charge in [-0.1, -0.05) is 0 Å². The van der Waals surface area contributed by atoms with Crippen LogP contribution in [0.5, 0.6) is 5.75 Å². The molecule has 1 amide bonds. The van der Waals surface area contributed by atoms with Gasteiger partial charge in [0.2, 0.25) is 0 Å². The number of hydrogen-bond acceptors (Lipinski definition) is 3. The van der Waals surface area contributed by atoms with Gasteiger partial charge in [-0.25, -0.2) is 4.39 Å². The predicted molar refractivity (Wildman–Crippen MR) is 80.7 cm³/mol. The molecule has 116 valence electrons. The van der Waals surface area contributed by atoms with Crippen molar-refractivity contribution in [3.05, 3.63) is 29.6 Å². The molecule has 3 rings (SSSR count). The maximum atomic E-state index is 13.7. The zero-order valence-electron chi connectivity index (χ0n) is 12.0. The summed E-state index contributed by atoms with van der Waals surface area (Å²) in [6.45, 7) is 1.45. The number of carbonyl (C=O) groups is 1. The Morgan fingerprint density at radius 2 is 2.10 bits per heavy atom. The van der Waals surface area contributed by atoms with Gasteiger partial charge in [0.05, 0.1) is 7.11 Å². The first-order valence-electron chi connectivity index (χ1n) is 7.06. The van der Waals surface area contributed by atoms with Crippen molar-refractivity contribution in [2.24, 2.45) is 0 Å². The van der Waals surface area contributed by atoms with Gasteiger partial charge >= 0.3 is 0 Å². The number of carbonyl (C=O) groups excluding carboxylic acids is 1. The molecule has 2 bridgehead atoms. The number of ether oxygens (including phenoxy) is 1. The molecule has 2 fully saturated rings. The van der Waals surface area contributed by atoms with E-state index in [-0.39, 0.29) is 24.1 Å². The Morgan fingerprint density at radius 3 is 2.81 bits per heavy atom. The van der Waals surface area contributed by atoms with Crippen molar-refractivity contribution in [3.63, 3.8) is 0 Å². The molecule has 1 aromatic rings. The molecule has 2 unspecified atom stereocenters. The fourth-order valence-corrected chi connectivity index (χ4v) is 3.11. The van der Waals surface area contributed by atoms with Crippen LogP contribution in [0.4, 0.5) is 4.39 Å². The van der Waals surface area contributed by atoms with E-state index in [9.17, 15) is 9.18 Å². The van der Waals surface area contributed by atoms with Gasteiger partial charge in [0.15, 0.2) is 11.6 Å². The van der Waals surface area contributed by atoms with E-state index in [0.29, 0.717) is 24.2 Å². The summed E-state index contributed by atoms with van der Waals surface area (Å²) in [4.78, 5) is 14.3. The van der Waals surface area contributed by atoms with Gasteiger partial charge in [-0.05, 0) is 37.5 Å². The Hall–Kier alpha value is -1.33. The van der Waals surface area contributed by atoms with Crippen LogP contribution in [0.3, 0.4) is 0 Å². The zero-order chi connectivity index (χ0) is 14.1. The molecule has 1 N–H and O–H groups in total. The molecule has 0 radical (unpaired) electrons. The van der Waals surface area contributed by atoms with Gasteiger partial charge in [-0.2, -0.15) is 0 Å². The van der Waals surface area contributed by atoms with Crippen LogP contribution in [0.1, 0.15) is 29.6 Å². The number of fused-ring (bicyclic) bond motifs is 2. The summed E-state index contributed by atoms with van der Waals surface area (Å²) in [5.74, 6) is -0.424. The molecule has 21 heavy (non-hydrogen) atoms. The molecule has 2 saturated heterocycles. The van der Waals surface area contributed by atoms with E-state index in [1.54, 1.807) is 6.07 Å². The molecule has 1 aromatic carbocycles. The molecule has 2 heterocycles. The summed E-state index contributed by atoms with van der Waals surface area (Å²) in [6.07, 6.45) is 3.29. The largest absolute Gasteiger partial charge is 0.494 e. The molecular formula is C15H20ClFN2O2. The summed E-state index contributed by atoms with van der Waals surface area (Å²) in [5.41, 5.74) is 0.390. The molecule has 2 aliphatic heterocycles. The number of methoxy groups -OCH3 is 1. The topological polar surface area (TPSA) is 41.6 Å². The SMILES string of the molecule is COc1ccc(C(=O)N2CCC3CCC(C2)N3)cc1F.Cl. The number of halogens is 2. The van der Waals surface area contributed by atoms with Crippen molar-refractivity contribution in [2.45, 2.75) is 31.3 Å². The molecule has 0 spiro atoms. The van der Waals surface area contributed by atoms with E-state index in [1.165, 1.54) is 25.7 Å². The van der Waals surface area contributed by atoms with Crippen LogP contribution in [-0.4, -0.2) is 43.1 Å². The standard InChI is InChI=1S/C15H19FN2O2.ClH/c1-20-14-5-2-10(8-13(14)16)15(19)18-7-6-11-3-4-12(9-18)17-11;/h2,5,8,11-12,17H,3-4,6-7,9H2,1H3;1H. The van der Waals surface area contributed by atoms with Crippen LogP contribution < -0.4 is 10.1 Å². The Bertz CT molecular complexity index is 526. The van der Waals surface area contributed by atoms with Gasteiger partial charge in [0.1, 0.15) is 0 Å². The van der Waals surface area contributed by atoms with Crippen LogP contribution >= 0.6 is 12.4 Å². The summed E-state index contributed by atoms with van der Waals surface area (Å²) in [7, 11) is 1.41. The number of nitrogens with zero attached hydrogens (tertiary/aromatic N) is 1. The number of nitrogens with one attached hydrogen (secondary N) is 1. The molecule has 0 aromatic heterocycles. The number of amides is 1.